The Kier molecular flexibility index (Phi) is 3.00. The van der Waals surface area contributed by atoms with Crippen LogP contribution in [0.1, 0.15) is 0 Å². The third-order valence-corrected chi connectivity index (χ3v) is 1.38. The molecule has 1 aromatic carbocycles. The summed E-state index contributed by atoms with van der Waals surface area (Å²) in [6, 6.07) is 3.80. The van der Waals surface area contributed by atoms with Crippen molar-refractivity contribution >= 4 is 5.69 Å². The van der Waals surface area contributed by atoms with Gasteiger partial charge in [-0.3, -0.25) is 0 Å². The first-order valence-electron chi connectivity index (χ1n) is 3.56. The van der Waals surface area contributed by atoms with Crippen LogP contribution in [0.4, 0.5) is 18.9 Å². The van der Waals surface area contributed by atoms with Crippen molar-refractivity contribution in [2.75, 3.05) is 12.3 Å². The van der Waals surface area contributed by atoms with Gasteiger partial charge in [0.05, 0.1) is 0 Å². The molecule has 1 rings (SSSR count). The summed E-state index contributed by atoms with van der Waals surface area (Å²) in [6.45, 7) is -0.784. The summed E-state index contributed by atoms with van der Waals surface area (Å²) in [5.74, 6) is -0.730. The molecule has 0 aliphatic heterocycles. The van der Waals surface area contributed by atoms with Gasteiger partial charge in [-0.25, -0.2) is 13.2 Å². The van der Waals surface area contributed by atoms with Crippen LogP contribution >= 0.6 is 0 Å². The number of para-hydroxylation sites is 1. The maximum Gasteiger partial charge on any atom is 0.272 e. The highest BCUT2D eigenvalue weighted by atomic mass is 19.3. The van der Waals surface area contributed by atoms with Gasteiger partial charge in [0.1, 0.15) is 23.9 Å². The predicted molar refractivity (Wildman–Crippen MR) is 42.3 cm³/mol. The lowest BCUT2D eigenvalue weighted by atomic mass is 10.3. The Labute approximate surface area is 73.1 Å². The molecule has 0 atom stereocenters. The Morgan fingerprint density at radius 3 is 2.69 bits per heavy atom. The minimum atomic E-state index is -2.59. The maximum absolute atomic E-state index is 12.7. The van der Waals surface area contributed by atoms with E-state index >= 15 is 0 Å². The van der Waals surface area contributed by atoms with E-state index in [1.807, 2.05) is 0 Å². The van der Waals surface area contributed by atoms with E-state index in [1.165, 1.54) is 12.1 Å². The van der Waals surface area contributed by atoms with E-state index in [0.717, 1.165) is 6.07 Å². The molecule has 0 aliphatic carbocycles. The van der Waals surface area contributed by atoms with Gasteiger partial charge in [-0.15, -0.1) is 0 Å². The second kappa shape index (κ2) is 4.02. The van der Waals surface area contributed by atoms with Crippen LogP contribution in [0.2, 0.25) is 0 Å². The van der Waals surface area contributed by atoms with Crippen molar-refractivity contribution in [3.05, 3.63) is 24.0 Å². The van der Waals surface area contributed by atoms with Gasteiger partial charge in [0.25, 0.3) is 6.43 Å². The zero-order valence-electron chi connectivity index (χ0n) is 6.64. The second-order valence-corrected chi connectivity index (χ2v) is 2.35. The SMILES string of the molecule is Nc1c(F)cccc1OCC(F)F. The molecule has 72 valence electrons. The van der Waals surface area contributed by atoms with Gasteiger partial charge >= 0.3 is 0 Å². The number of anilines is 1. The Morgan fingerprint density at radius 1 is 1.38 bits per heavy atom. The molecule has 0 heterocycles. The van der Waals surface area contributed by atoms with Crippen LogP contribution in [0.5, 0.6) is 5.75 Å². The van der Waals surface area contributed by atoms with Crippen LogP contribution in [0.3, 0.4) is 0 Å². The summed E-state index contributed by atoms with van der Waals surface area (Å²) in [5.41, 5.74) is 4.98. The van der Waals surface area contributed by atoms with Gasteiger partial charge in [-0.05, 0) is 12.1 Å². The molecule has 2 N–H and O–H groups in total. The van der Waals surface area contributed by atoms with Gasteiger partial charge in [-0.1, -0.05) is 6.07 Å². The number of ether oxygens (including phenoxy) is 1. The third kappa shape index (κ3) is 2.54. The molecule has 0 spiro atoms. The Morgan fingerprint density at radius 2 is 2.08 bits per heavy atom. The number of nitrogen functional groups attached to an aromatic ring is 1. The van der Waals surface area contributed by atoms with Crippen LogP contribution in [-0.4, -0.2) is 13.0 Å². The highest BCUT2D eigenvalue weighted by molar-refractivity contribution is 5.53. The minimum absolute atomic E-state index is 0.0553. The number of halogens is 3. The first kappa shape index (κ1) is 9.70. The quantitative estimate of drug-likeness (QED) is 0.742. The van der Waals surface area contributed by atoms with Crippen molar-refractivity contribution < 1.29 is 17.9 Å². The lowest BCUT2D eigenvalue weighted by Gasteiger charge is -2.07. The average molecular weight is 191 g/mol. The summed E-state index contributed by atoms with van der Waals surface area (Å²) >= 11 is 0. The smallest absolute Gasteiger partial charge is 0.272 e. The third-order valence-electron chi connectivity index (χ3n) is 1.38. The first-order valence-corrected chi connectivity index (χ1v) is 3.56. The molecule has 0 bridgehead atoms. The molecule has 5 heteroatoms. The lowest BCUT2D eigenvalue weighted by Crippen LogP contribution is -2.08. The second-order valence-electron chi connectivity index (χ2n) is 2.35. The van der Waals surface area contributed by atoms with E-state index in [-0.39, 0.29) is 11.4 Å². The number of hydrogen-bond acceptors (Lipinski definition) is 2. The summed E-state index contributed by atoms with van der Waals surface area (Å²) in [4.78, 5) is 0. The highest BCUT2D eigenvalue weighted by Gasteiger charge is 2.08. The van der Waals surface area contributed by atoms with Crippen molar-refractivity contribution in [3.63, 3.8) is 0 Å². The largest absolute Gasteiger partial charge is 0.485 e. The fraction of sp³-hybridized carbons (Fsp3) is 0.250. The maximum atomic E-state index is 12.7. The minimum Gasteiger partial charge on any atom is -0.485 e. The standard InChI is InChI=1S/C8H8F3NO/c9-5-2-1-3-6(8(5)12)13-4-7(10)11/h1-3,7H,4,12H2. The van der Waals surface area contributed by atoms with Crippen LogP contribution in [0.25, 0.3) is 0 Å². The molecule has 0 aliphatic rings. The number of benzene rings is 1. The van der Waals surface area contributed by atoms with Crippen molar-refractivity contribution in [3.8, 4) is 5.75 Å². The first-order chi connectivity index (χ1) is 6.11. The highest BCUT2D eigenvalue weighted by Crippen LogP contribution is 2.23. The molecule has 2 nitrogen and oxygen atoms in total. The Balaban J connectivity index is 2.71. The number of rotatable bonds is 3. The summed E-state index contributed by atoms with van der Waals surface area (Å²) in [5, 5.41) is 0. The fourth-order valence-corrected chi connectivity index (χ4v) is 0.796. The zero-order valence-corrected chi connectivity index (χ0v) is 6.64. The van der Waals surface area contributed by atoms with Gasteiger partial charge in [0.15, 0.2) is 0 Å². The Bertz CT molecular complexity index is 291. The predicted octanol–water partition coefficient (Wildman–Crippen LogP) is 2.05. The normalized spacial score (nSPS) is 10.5. The molecular formula is C8H8F3NO. The van der Waals surface area contributed by atoms with Crippen LogP contribution in [-0.2, 0) is 0 Å². The van der Waals surface area contributed by atoms with Gasteiger partial charge < -0.3 is 10.5 Å². The Hall–Kier alpha value is -1.39. The van der Waals surface area contributed by atoms with Gasteiger partial charge in [0, 0.05) is 0 Å². The monoisotopic (exact) mass is 191 g/mol. The molecule has 0 fully saturated rings. The fourth-order valence-electron chi connectivity index (χ4n) is 0.796. The molecule has 0 saturated carbocycles. The van der Waals surface area contributed by atoms with E-state index < -0.39 is 18.8 Å². The molecule has 0 saturated heterocycles. The zero-order chi connectivity index (χ0) is 9.84. The van der Waals surface area contributed by atoms with E-state index in [0.29, 0.717) is 0 Å². The molecule has 0 aromatic heterocycles. The van der Waals surface area contributed by atoms with Gasteiger partial charge in [0.2, 0.25) is 0 Å². The van der Waals surface area contributed by atoms with Crippen molar-refractivity contribution in [2.45, 2.75) is 6.43 Å². The lowest BCUT2D eigenvalue weighted by molar-refractivity contribution is 0.0821. The van der Waals surface area contributed by atoms with Crippen LogP contribution < -0.4 is 10.5 Å². The number of hydrogen-bond donors (Lipinski definition) is 1. The molecule has 13 heavy (non-hydrogen) atoms. The molecule has 1 aromatic rings. The van der Waals surface area contributed by atoms with E-state index in [2.05, 4.69) is 4.74 Å². The van der Waals surface area contributed by atoms with Gasteiger partial charge in [-0.2, -0.15) is 0 Å². The van der Waals surface area contributed by atoms with Crippen molar-refractivity contribution in [1.82, 2.24) is 0 Å². The van der Waals surface area contributed by atoms with Crippen molar-refractivity contribution in [2.24, 2.45) is 0 Å². The topological polar surface area (TPSA) is 35.2 Å². The number of nitrogens with two attached hydrogens (primary N) is 1. The van der Waals surface area contributed by atoms with E-state index in [9.17, 15) is 13.2 Å². The summed E-state index contributed by atoms with van der Waals surface area (Å²) < 4.78 is 40.7. The van der Waals surface area contributed by atoms with E-state index in [4.69, 9.17) is 5.73 Å². The summed E-state index contributed by atoms with van der Waals surface area (Å²) in [6.07, 6.45) is -2.59. The molecular weight excluding hydrogens is 183 g/mol. The van der Waals surface area contributed by atoms with E-state index in [1.54, 1.807) is 0 Å². The average Bonchev–Trinajstić information content (AvgIpc) is 2.07. The number of alkyl halides is 2. The van der Waals surface area contributed by atoms with Crippen LogP contribution in [0, 0.1) is 5.82 Å². The molecule has 0 unspecified atom stereocenters. The molecule has 0 radical (unpaired) electrons. The molecule has 0 amide bonds. The van der Waals surface area contributed by atoms with Crippen LogP contribution in [0.15, 0.2) is 18.2 Å². The van der Waals surface area contributed by atoms with Crippen molar-refractivity contribution in [1.29, 1.82) is 0 Å². The summed E-state index contributed by atoms with van der Waals surface area (Å²) in [7, 11) is 0.